The van der Waals surface area contributed by atoms with Crippen LogP contribution in [0.1, 0.15) is 11.1 Å². The van der Waals surface area contributed by atoms with Gasteiger partial charge < -0.3 is 24.8 Å². The van der Waals surface area contributed by atoms with E-state index in [0.29, 0.717) is 28.3 Å². The van der Waals surface area contributed by atoms with Crippen LogP contribution in [-0.4, -0.2) is 16.8 Å². The summed E-state index contributed by atoms with van der Waals surface area (Å²) < 4.78 is 10.7. The largest absolute Gasteiger partial charge is 0.454 e. The van der Waals surface area contributed by atoms with Crippen LogP contribution >= 0.6 is 0 Å². The molecule has 122 valence electrons. The number of pyridine rings is 2. The summed E-state index contributed by atoms with van der Waals surface area (Å²) in [7, 11) is 0. The molecule has 2 aromatic heterocycles. The molecule has 1 aromatic carbocycles. The van der Waals surface area contributed by atoms with Gasteiger partial charge in [0.1, 0.15) is 5.69 Å². The fourth-order valence-corrected chi connectivity index (χ4v) is 2.69. The Hall–Kier alpha value is -3.22. The van der Waals surface area contributed by atoms with Crippen LogP contribution in [0.3, 0.4) is 0 Å². The summed E-state index contributed by atoms with van der Waals surface area (Å²) in [6, 6.07) is 7.11. The molecule has 0 saturated heterocycles. The van der Waals surface area contributed by atoms with Crippen LogP contribution in [-0.2, 0) is 6.54 Å². The van der Waals surface area contributed by atoms with Gasteiger partial charge in [0.15, 0.2) is 11.5 Å². The first-order valence-corrected chi connectivity index (χ1v) is 7.49. The third-order valence-electron chi connectivity index (χ3n) is 3.93. The van der Waals surface area contributed by atoms with Crippen molar-refractivity contribution in [3.63, 3.8) is 0 Å². The number of hydrogen-bond acceptors (Lipinski definition) is 5. The fourth-order valence-electron chi connectivity index (χ4n) is 2.69. The fraction of sp³-hybridized carbons (Fsp3) is 0.176. The lowest BCUT2D eigenvalue weighted by Gasteiger charge is -2.07. The van der Waals surface area contributed by atoms with Crippen molar-refractivity contribution in [2.24, 2.45) is 0 Å². The summed E-state index contributed by atoms with van der Waals surface area (Å²) in [5.74, 6) is 1.28. The standard InChI is InChI=1S/C17H15N3O4/c1-9-2-13(17(22)19-6-9)18-7-11-3-10-4-14-15(24-8-23-14)5-12(10)20-16(11)21/h2-6,18H,7-8H2,1H3,(H,19,22)(H,20,21). The summed E-state index contributed by atoms with van der Waals surface area (Å²) >= 11 is 0. The molecule has 3 aromatic rings. The first kappa shape index (κ1) is 14.4. The number of nitrogens with one attached hydrogen (secondary N) is 3. The molecule has 1 aliphatic heterocycles. The Morgan fingerprint density at radius 1 is 1.08 bits per heavy atom. The molecule has 3 heterocycles. The number of fused-ring (bicyclic) bond motifs is 2. The van der Waals surface area contributed by atoms with Gasteiger partial charge in [-0.3, -0.25) is 9.59 Å². The van der Waals surface area contributed by atoms with Crippen LogP contribution < -0.4 is 25.9 Å². The molecule has 0 atom stereocenters. The average Bonchev–Trinajstić information content (AvgIpc) is 3.01. The van der Waals surface area contributed by atoms with Crippen LogP contribution in [0, 0.1) is 6.92 Å². The van der Waals surface area contributed by atoms with Crippen molar-refractivity contribution in [3.8, 4) is 11.5 Å². The van der Waals surface area contributed by atoms with Crippen molar-refractivity contribution < 1.29 is 9.47 Å². The number of ether oxygens (including phenoxy) is 2. The predicted octanol–water partition coefficient (Wildman–Crippen LogP) is 1.87. The Morgan fingerprint density at radius 3 is 2.71 bits per heavy atom. The molecule has 0 spiro atoms. The van der Waals surface area contributed by atoms with Crippen LogP contribution in [0.2, 0.25) is 0 Å². The molecule has 7 nitrogen and oxygen atoms in total. The van der Waals surface area contributed by atoms with Crippen molar-refractivity contribution in [2.75, 3.05) is 12.1 Å². The zero-order valence-electron chi connectivity index (χ0n) is 12.9. The predicted molar refractivity (Wildman–Crippen MR) is 89.8 cm³/mol. The highest BCUT2D eigenvalue weighted by Gasteiger charge is 2.15. The van der Waals surface area contributed by atoms with Gasteiger partial charge in [-0.15, -0.1) is 0 Å². The lowest BCUT2D eigenvalue weighted by molar-refractivity contribution is 0.174. The van der Waals surface area contributed by atoms with Gasteiger partial charge in [-0.25, -0.2) is 0 Å². The molecule has 0 saturated carbocycles. The van der Waals surface area contributed by atoms with E-state index in [1.165, 1.54) is 0 Å². The first-order valence-electron chi connectivity index (χ1n) is 7.49. The summed E-state index contributed by atoms with van der Waals surface area (Å²) in [6.07, 6.45) is 1.64. The smallest absolute Gasteiger partial charge is 0.271 e. The number of anilines is 1. The van der Waals surface area contributed by atoms with E-state index in [-0.39, 0.29) is 24.5 Å². The summed E-state index contributed by atoms with van der Waals surface area (Å²) in [5, 5.41) is 3.85. The Morgan fingerprint density at radius 2 is 1.88 bits per heavy atom. The van der Waals surface area contributed by atoms with E-state index >= 15 is 0 Å². The van der Waals surface area contributed by atoms with Crippen molar-refractivity contribution in [3.05, 3.63) is 62.3 Å². The third kappa shape index (κ3) is 2.50. The van der Waals surface area contributed by atoms with Crippen LogP contribution in [0.4, 0.5) is 5.69 Å². The van der Waals surface area contributed by atoms with Crippen molar-refractivity contribution in [1.29, 1.82) is 0 Å². The number of hydrogen-bond donors (Lipinski definition) is 3. The Balaban J connectivity index is 1.68. The van der Waals surface area contributed by atoms with Gasteiger partial charge in [-0.2, -0.15) is 0 Å². The minimum absolute atomic E-state index is 0.181. The zero-order valence-corrected chi connectivity index (χ0v) is 12.9. The molecule has 0 unspecified atom stereocenters. The molecule has 4 rings (SSSR count). The maximum atomic E-state index is 12.3. The molecule has 0 amide bonds. The topological polar surface area (TPSA) is 96.2 Å². The van der Waals surface area contributed by atoms with E-state index in [0.717, 1.165) is 10.9 Å². The second kappa shape index (κ2) is 5.45. The van der Waals surface area contributed by atoms with Gasteiger partial charge in [-0.05, 0) is 30.7 Å². The summed E-state index contributed by atoms with van der Waals surface area (Å²) in [4.78, 5) is 29.5. The number of rotatable bonds is 3. The van der Waals surface area contributed by atoms with E-state index < -0.39 is 0 Å². The number of aryl methyl sites for hydroxylation is 1. The van der Waals surface area contributed by atoms with Crippen molar-refractivity contribution in [1.82, 2.24) is 9.97 Å². The highest BCUT2D eigenvalue weighted by Crippen LogP contribution is 2.35. The van der Waals surface area contributed by atoms with Crippen molar-refractivity contribution >= 4 is 16.6 Å². The highest BCUT2D eigenvalue weighted by molar-refractivity contribution is 5.83. The molecule has 1 aliphatic rings. The first-order chi connectivity index (χ1) is 11.6. The van der Waals surface area contributed by atoms with E-state index in [9.17, 15) is 9.59 Å². The quantitative estimate of drug-likeness (QED) is 0.683. The van der Waals surface area contributed by atoms with Crippen LogP contribution in [0.25, 0.3) is 10.9 Å². The monoisotopic (exact) mass is 325 g/mol. The van der Waals surface area contributed by atoms with Gasteiger partial charge in [0.25, 0.3) is 11.1 Å². The maximum absolute atomic E-state index is 12.3. The van der Waals surface area contributed by atoms with E-state index in [4.69, 9.17) is 9.47 Å². The Labute approximate surface area is 136 Å². The molecule has 0 aliphatic carbocycles. The maximum Gasteiger partial charge on any atom is 0.271 e. The number of aromatic nitrogens is 2. The highest BCUT2D eigenvalue weighted by atomic mass is 16.7. The molecule has 0 radical (unpaired) electrons. The van der Waals surface area contributed by atoms with Crippen molar-refractivity contribution in [2.45, 2.75) is 13.5 Å². The second-order valence-corrected chi connectivity index (χ2v) is 5.69. The number of H-pyrrole nitrogens is 2. The van der Waals surface area contributed by atoms with Gasteiger partial charge in [0.2, 0.25) is 6.79 Å². The average molecular weight is 325 g/mol. The van der Waals surface area contributed by atoms with Crippen LogP contribution in [0.5, 0.6) is 11.5 Å². The lowest BCUT2D eigenvalue weighted by atomic mass is 10.1. The minimum Gasteiger partial charge on any atom is -0.454 e. The molecule has 24 heavy (non-hydrogen) atoms. The van der Waals surface area contributed by atoms with E-state index in [1.807, 2.05) is 13.0 Å². The Kier molecular flexibility index (Phi) is 3.26. The SMILES string of the molecule is Cc1c[nH]c(=O)c(NCc2cc3cc4c(cc3[nH]c2=O)OCO4)c1. The number of benzene rings is 1. The molecule has 0 fully saturated rings. The molecular formula is C17H15N3O4. The molecular weight excluding hydrogens is 310 g/mol. The molecule has 0 bridgehead atoms. The molecule has 7 heteroatoms. The number of aromatic amines is 2. The van der Waals surface area contributed by atoms with E-state index in [1.54, 1.807) is 24.4 Å². The third-order valence-corrected chi connectivity index (χ3v) is 3.93. The van der Waals surface area contributed by atoms with E-state index in [2.05, 4.69) is 15.3 Å². The zero-order chi connectivity index (χ0) is 16.7. The summed E-state index contributed by atoms with van der Waals surface area (Å²) in [6.45, 7) is 2.30. The van der Waals surface area contributed by atoms with Gasteiger partial charge >= 0.3 is 0 Å². The van der Waals surface area contributed by atoms with Crippen LogP contribution in [0.15, 0.2) is 40.1 Å². The van der Waals surface area contributed by atoms with Gasteiger partial charge in [-0.1, -0.05) is 0 Å². The Bertz CT molecular complexity index is 1050. The second-order valence-electron chi connectivity index (χ2n) is 5.69. The minimum atomic E-state index is -0.221. The van der Waals surface area contributed by atoms with Gasteiger partial charge in [0, 0.05) is 29.8 Å². The van der Waals surface area contributed by atoms with Gasteiger partial charge in [0.05, 0.1) is 5.52 Å². The lowest BCUT2D eigenvalue weighted by Crippen LogP contribution is -2.19. The normalized spacial score (nSPS) is 12.5. The summed E-state index contributed by atoms with van der Waals surface area (Å²) in [5.41, 5.74) is 2.14. The molecule has 3 N–H and O–H groups in total.